The number of hydrogen-bond acceptors (Lipinski definition) is 4. The van der Waals surface area contributed by atoms with Crippen molar-refractivity contribution in [3.63, 3.8) is 0 Å². The number of rotatable bonds is 5. The predicted molar refractivity (Wildman–Crippen MR) is 122 cm³/mol. The molecular weight excluding hydrogens is 386 g/mol. The van der Waals surface area contributed by atoms with Crippen molar-refractivity contribution < 1.29 is 0 Å². The molecule has 144 valence electrons. The average molecular weight is 410 g/mol. The summed E-state index contributed by atoms with van der Waals surface area (Å²) in [6.45, 7) is 6.69. The fraction of sp³-hybridized carbons (Fsp3) is 0.304. The van der Waals surface area contributed by atoms with Gasteiger partial charge >= 0.3 is 0 Å². The quantitative estimate of drug-likeness (QED) is 0.512. The van der Waals surface area contributed by atoms with Crippen LogP contribution in [0.25, 0.3) is 10.8 Å². The number of anilines is 2. The van der Waals surface area contributed by atoms with E-state index in [1.54, 1.807) is 0 Å². The Bertz CT molecular complexity index is 962. The molecule has 5 heteroatoms. The summed E-state index contributed by atoms with van der Waals surface area (Å²) in [5.74, 6) is 0. The number of piperazine rings is 1. The van der Waals surface area contributed by atoms with Crippen LogP contribution in [0.3, 0.4) is 0 Å². The van der Waals surface area contributed by atoms with Crippen LogP contribution in [0.2, 0.25) is 5.02 Å². The average Bonchev–Trinajstić information content (AvgIpc) is 3.09. The third-order valence-corrected chi connectivity index (χ3v) is 7.11. The Balaban J connectivity index is 1.13. The highest BCUT2D eigenvalue weighted by Gasteiger charge is 2.22. The molecule has 0 atom stereocenters. The first kappa shape index (κ1) is 18.2. The molecular formula is C23H24ClN3S. The molecule has 2 aliphatic rings. The van der Waals surface area contributed by atoms with E-state index >= 15 is 0 Å². The van der Waals surface area contributed by atoms with Gasteiger partial charge in [0.1, 0.15) is 0 Å². The Morgan fingerprint density at radius 1 is 0.821 bits per heavy atom. The molecule has 28 heavy (non-hydrogen) atoms. The molecule has 0 bridgehead atoms. The van der Waals surface area contributed by atoms with E-state index in [-0.39, 0.29) is 0 Å². The second-order valence-electron chi connectivity index (χ2n) is 7.48. The summed E-state index contributed by atoms with van der Waals surface area (Å²) in [5.41, 5.74) is 2.66. The Morgan fingerprint density at radius 2 is 1.57 bits per heavy atom. The van der Waals surface area contributed by atoms with Crippen molar-refractivity contribution in [2.24, 2.45) is 0 Å². The van der Waals surface area contributed by atoms with Gasteiger partial charge in [0, 0.05) is 53.7 Å². The highest BCUT2D eigenvalue weighted by atomic mass is 35.5. The molecule has 0 aromatic heterocycles. The Hall–Kier alpha value is -1.88. The van der Waals surface area contributed by atoms with Gasteiger partial charge in [0.15, 0.2) is 0 Å². The summed E-state index contributed by atoms with van der Waals surface area (Å²) in [5, 5.41) is 3.58. The number of hydrogen-bond donors (Lipinski definition) is 0. The number of benzene rings is 3. The zero-order chi connectivity index (χ0) is 18.9. The van der Waals surface area contributed by atoms with Crippen molar-refractivity contribution in [1.82, 2.24) is 4.90 Å². The highest BCUT2D eigenvalue weighted by Crippen LogP contribution is 2.45. The van der Waals surface area contributed by atoms with E-state index in [4.69, 9.17) is 11.6 Å². The van der Waals surface area contributed by atoms with Gasteiger partial charge in [-0.05, 0) is 66.7 Å². The van der Waals surface area contributed by atoms with Gasteiger partial charge in [-0.2, -0.15) is 0 Å². The van der Waals surface area contributed by atoms with Gasteiger partial charge in [-0.25, -0.2) is 0 Å². The lowest BCUT2D eigenvalue weighted by Gasteiger charge is -2.36. The van der Waals surface area contributed by atoms with Crippen molar-refractivity contribution >= 4 is 45.7 Å². The van der Waals surface area contributed by atoms with Crippen molar-refractivity contribution in [2.75, 3.05) is 48.5 Å². The fourth-order valence-electron chi connectivity index (χ4n) is 4.22. The predicted octanol–water partition coefficient (Wildman–Crippen LogP) is 5.53. The zero-order valence-electron chi connectivity index (χ0n) is 15.9. The van der Waals surface area contributed by atoms with Crippen LogP contribution >= 0.6 is 23.5 Å². The first-order valence-electron chi connectivity index (χ1n) is 9.98. The number of nitrogens with zero attached hydrogens (tertiary/aromatic N) is 3. The summed E-state index contributed by atoms with van der Waals surface area (Å²) in [6, 6.07) is 21.5. The van der Waals surface area contributed by atoms with Crippen LogP contribution in [0, 0.1) is 0 Å². The second kappa shape index (κ2) is 7.86. The summed E-state index contributed by atoms with van der Waals surface area (Å²) in [4.78, 5) is 6.45. The van der Waals surface area contributed by atoms with E-state index in [9.17, 15) is 0 Å². The summed E-state index contributed by atoms with van der Waals surface area (Å²) in [7, 11) is 0. The Morgan fingerprint density at radius 3 is 2.36 bits per heavy atom. The molecule has 2 heterocycles. The van der Waals surface area contributed by atoms with Crippen molar-refractivity contribution in [3.05, 3.63) is 65.7 Å². The summed E-state index contributed by atoms with van der Waals surface area (Å²) < 4.78 is 2.47. The van der Waals surface area contributed by atoms with Crippen molar-refractivity contribution in [3.8, 4) is 0 Å². The molecule has 0 unspecified atom stereocenters. The molecule has 0 saturated carbocycles. The monoisotopic (exact) mass is 409 g/mol. The minimum absolute atomic E-state index is 0.806. The van der Waals surface area contributed by atoms with Crippen LogP contribution < -0.4 is 9.21 Å². The van der Waals surface area contributed by atoms with Gasteiger partial charge in [-0.15, -0.1) is 0 Å². The molecule has 5 rings (SSSR count). The molecule has 3 nitrogen and oxygen atoms in total. The molecule has 0 spiro atoms. The topological polar surface area (TPSA) is 9.72 Å². The third kappa shape index (κ3) is 3.57. The smallest absolute Gasteiger partial charge is 0.0563 e. The molecule has 0 N–H and O–H groups in total. The third-order valence-electron chi connectivity index (χ3n) is 5.72. The zero-order valence-corrected chi connectivity index (χ0v) is 17.4. The van der Waals surface area contributed by atoms with Crippen LogP contribution in [-0.2, 0) is 0 Å². The van der Waals surface area contributed by atoms with Crippen molar-refractivity contribution in [2.45, 2.75) is 11.3 Å². The lowest BCUT2D eigenvalue weighted by Crippen LogP contribution is -2.46. The summed E-state index contributed by atoms with van der Waals surface area (Å²) in [6.07, 6.45) is 1.19. The van der Waals surface area contributed by atoms with E-state index < -0.39 is 0 Å². The van der Waals surface area contributed by atoms with E-state index in [1.165, 1.54) is 33.5 Å². The molecule has 3 aromatic rings. The van der Waals surface area contributed by atoms with Gasteiger partial charge < -0.3 is 9.21 Å². The Kier molecular flexibility index (Phi) is 5.10. The van der Waals surface area contributed by atoms with Crippen LogP contribution in [0.1, 0.15) is 6.42 Å². The van der Waals surface area contributed by atoms with E-state index in [1.807, 2.05) is 24.1 Å². The SMILES string of the molecule is Clc1ccc(N2CCN(CCCN3Sc4cccc5cccc3c45)CC2)cc1. The lowest BCUT2D eigenvalue weighted by atomic mass is 10.1. The normalized spacial score (nSPS) is 16.9. The Labute approximate surface area is 176 Å². The van der Waals surface area contributed by atoms with Gasteiger partial charge in [-0.1, -0.05) is 35.9 Å². The maximum atomic E-state index is 6.01. The van der Waals surface area contributed by atoms with Gasteiger partial charge in [0.2, 0.25) is 0 Å². The molecule has 3 aromatic carbocycles. The fourth-order valence-corrected chi connectivity index (χ4v) is 5.51. The molecule has 0 aliphatic carbocycles. The molecule has 2 aliphatic heterocycles. The second-order valence-corrected chi connectivity index (χ2v) is 8.98. The van der Waals surface area contributed by atoms with Gasteiger partial charge in [-0.3, -0.25) is 4.90 Å². The summed E-state index contributed by atoms with van der Waals surface area (Å²) >= 11 is 7.90. The largest absolute Gasteiger partial charge is 0.369 e. The first-order chi connectivity index (χ1) is 13.8. The lowest BCUT2D eigenvalue weighted by molar-refractivity contribution is 0.256. The van der Waals surface area contributed by atoms with Gasteiger partial charge in [0.05, 0.1) is 5.69 Å². The van der Waals surface area contributed by atoms with Crippen LogP contribution in [0.5, 0.6) is 0 Å². The van der Waals surface area contributed by atoms with Crippen LogP contribution in [-0.4, -0.2) is 44.2 Å². The van der Waals surface area contributed by atoms with E-state index in [2.05, 4.69) is 62.6 Å². The molecule has 1 saturated heterocycles. The standard InChI is InChI=1S/C23H24ClN3S/c24-19-8-10-20(11-9-19)26-16-14-25(15-17-26)12-3-13-27-21-6-1-4-18-5-2-7-22(28-27)23(18)21/h1-2,4-11H,3,12-17H2. The molecule has 1 fully saturated rings. The minimum Gasteiger partial charge on any atom is -0.369 e. The van der Waals surface area contributed by atoms with Gasteiger partial charge in [0.25, 0.3) is 0 Å². The van der Waals surface area contributed by atoms with Crippen LogP contribution in [0.15, 0.2) is 65.6 Å². The van der Waals surface area contributed by atoms with Crippen LogP contribution in [0.4, 0.5) is 11.4 Å². The maximum absolute atomic E-state index is 6.01. The molecule has 0 amide bonds. The minimum atomic E-state index is 0.806. The number of halogens is 1. The maximum Gasteiger partial charge on any atom is 0.0563 e. The van der Waals surface area contributed by atoms with E-state index in [0.717, 1.165) is 44.3 Å². The van der Waals surface area contributed by atoms with Crippen molar-refractivity contribution in [1.29, 1.82) is 0 Å². The molecule has 0 radical (unpaired) electrons. The van der Waals surface area contributed by atoms with E-state index in [0.29, 0.717) is 0 Å². The first-order valence-corrected chi connectivity index (χ1v) is 11.1. The highest BCUT2D eigenvalue weighted by molar-refractivity contribution is 8.01.